The van der Waals surface area contributed by atoms with E-state index in [9.17, 15) is 22.8 Å². The molecule has 1 saturated heterocycles. The molecule has 0 radical (unpaired) electrons. The van der Waals surface area contributed by atoms with E-state index in [0.717, 1.165) is 0 Å². The summed E-state index contributed by atoms with van der Waals surface area (Å²) < 4.78 is 48.2. The van der Waals surface area contributed by atoms with E-state index >= 15 is 0 Å². The molecule has 1 fully saturated rings. The molecular weight excluding hydrogens is 522 g/mol. The second-order valence-corrected chi connectivity index (χ2v) is 8.85. The first-order chi connectivity index (χ1) is 17.1. The Labute approximate surface area is 214 Å². The molecule has 0 spiro atoms. The Morgan fingerprint density at radius 2 is 1.75 bits per heavy atom. The van der Waals surface area contributed by atoms with Crippen molar-refractivity contribution in [3.8, 4) is 0 Å². The number of benzene rings is 1. The van der Waals surface area contributed by atoms with Crippen molar-refractivity contribution in [2.45, 2.75) is 19.6 Å². The third-order valence-electron chi connectivity index (χ3n) is 5.73. The zero-order valence-corrected chi connectivity index (χ0v) is 20.6. The number of aromatic nitrogens is 2. The van der Waals surface area contributed by atoms with Gasteiger partial charge < -0.3 is 19.4 Å². The van der Waals surface area contributed by atoms with Gasteiger partial charge >= 0.3 is 12.3 Å². The van der Waals surface area contributed by atoms with E-state index < -0.39 is 23.9 Å². The number of fused-ring (bicyclic) bond motifs is 1. The van der Waals surface area contributed by atoms with Crippen LogP contribution in [-0.2, 0) is 17.5 Å². The number of nitrogens with one attached hydrogen (secondary N) is 1. The Morgan fingerprint density at radius 1 is 1.08 bits per heavy atom. The van der Waals surface area contributed by atoms with Crippen molar-refractivity contribution in [3.05, 3.63) is 63.5 Å². The molecule has 1 aliphatic heterocycles. The first kappa shape index (κ1) is 26.1. The molecule has 2 aromatic heterocycles. The van der Waals surface area contributed by atoms with E-state index in [1.54, 1.807) is 13.0 Å². The fraction of sp³-hybridized carbons (Fsp3) is 0.348. The second-order valence-electron chi connectivity index (χ2n) is 8.03. The molecule has 0 bridgehead atoms. The number of rotatable bonds is 5. The van der Waals surface area contributed by atoms with E-state index in [4.69, 9.17) is 27.9 Å². The van der Waals surface area contributed by atoms with E-state index in [-0.39, 0.29) is 45.8 Å². The molecule has 3 aromatic rings. The fourth-order valence-corrected chi connectivity index (χ4v) is 4.58. The molecule has 0 unspecified atom stereocenters. The highest BCUT2D eigenvalue weighted by Crippen LogP contribution is 2.35. The van der Waals surface area contributed by atoms with Gasteiger partial charge in [0.05, 0.1) is 33.6 Å². The lowest BCUT2D eigenvalue weighted by molar-refractivity contribution is -0.141. The highest BCUT2D eigenvalue weighted by atomic mass is 35.5. The number of carbonyl (C=O) groups excluding carboxylic acids is 2. The van der Waals surface area contributed by atoms with Gasteiger partial charge in [0.2, 0.25) is 0 Å². The Morgan fingerprint density at radius 3 is 2.36 bits per heavy atom. The Kier molecular flexibility index (Phi) is 7.62. The molecule has 3 heterocycles. The molecule has 2 amide bonds. The number of amides is 2. The summed E-state index contributed by atoms with van der Waals surface area (Å²) in [5, 5.41) is 2.79. The summed E-state index contributed by atoms with van der Waals surface area (Å²) in [6, 6.07) is 7.51. The molecule has 0 saturated carbocycles. The predicted octanol–water partition coefficient (Wildman–Crippen LogP) is 5.19. The summed E-state index contributed by atoms with van der Waals surface area (Å²) >= 11 is 12.2. The molecule has 0 atom stereocenters. The number of hydrogen-bond donors (Lipinski definition) is 1. The number of hydrogen-bond acceptors (Lipinski definition) is 5. The topological polar surface area (TPSA) is 79.2 Å². The van der Waals surface area contributed by atoms with Crippen molar-refractivity contribution in [1.82, 2.24) is 19.2 Å². The van der Waals surface area contributed by atoms with Crippen LogP contribution >= 0.6 is 23.2 Å². The minimum Gasteiger partial charge on any atom is -0.450 e. The van der Waals surface area contributed by atoms with E-state index in [1.165, 1.54) is 39.8 Å². The van der Waals surface area contributed by atoms with E-state index in [0.29, 0.717) is 26.2 Å². The van der Waals surface area contributed by atoms with Gasteiger partial charge in [0, 0.05) is 38.9 Å². The lowest BCUT2D eigenvalue weighted by Crippen LogP contribution is -2.48. The van der Waals surface area contributed by atoms with Crippen LogP contribution in [0.3, 0.4) is 0 Å². The number of imidazole rings is 1. The maximum atomic E-state index is 14.0. The Bertz CT molecular complexity index is 1270. The van der Waals surface area contributed by atoms with Crippen molar-refractivity contribution >= 4 is 46.5 Å². The Balaban J connectivity index is 1.63. The number of pyridine rings is 1. The highest BCUT2D eigenvalue weighted by Gasteiger charge is 2.39. The first-order valence-corrected chi connectivity index (χ1v) is 11.8. The maximum absolute atomic E-state index is 14.0. The zero-order chi connectivity index (χ0) is 26.0. The lowest BCUT2D eigenvalue weighted by Gasteiger charge is -2.34. The van der Waals surface area contributed by atoms with Crippen LogP contribution in [0.1, 0.15) is 28.7 Å². The smallest absolute Gasteiger partial charge is 0.435 e. The van der Waals surface area contributed by atoms with Gasteiger partial charge in [0.1, 0.15) is 0 Å². The number of piperazine rings is 1. The fourth-order valence-electron chi connectivity index (χ4n) is 4.01. The van der Waals surface area contributed by atoms with Crippen LogP contribution in [0.25, 0.3) is 5.65 Å². The van der Waals surface area contributed by atoms with Crippen LogP contribution < -0.4 is 5.32 Å². The predicted molar refractivity (Wildman–Crippen MR) is 128 cm³/mol. The van der Waals surface area contributed by atoms with E-state index in [2.05, 4.69) is 10.3 Å². The van der Waals surface area contributed by atoms with Crippen LogP contribution in [0.5, 0.6) is 0 Å². The van der Waals surface area contributed by atoms with Gasteiger partial charge in [-0.3, -0.25) is 9.69 Å². The molecule has 36 heavy (non-hydrogen) atoms. The molecule has 4 rings (SSSR count). The number of nitrogens with zero attached hydrogens (tertiary/aromatic N) is 4. The van der Waals surface area contributed by atoms with Gasteiger partial charge in [-0.1, -0.05) is 29.3 Å². The summed E-state index contributed by atoms with van der Waals surface area (Å²) in [7, 11) is 0. The second kappa shape index (κ2) is 10.5. The standard InChI is InChI=1S/C23H22Cl2F3N5O3/c1-2-36-22(35)32-11-9-31(10-12-32)13-17-19(23(26,27)28)30-20-16(7-4-8-33(17)20)29-21(34)18-14(24)5-3-6-15(18)25/h3-8H,2,9-13H2,1H3,(H,29,34). The van der Waals surface area contributed by atoms with Gasteiger partial charge in [-0.15, -0.1) is 0 Å². The number of carbonyl (C=O) groups is 2. The normalized spacial score (nSPS) is 14.8. The summed E-state index contributed by atoms with van der Waals surface area (Å²) in [5.41, 5.74) is -1.12. The quantitative estimate of drug-likeness (QED) is 0.479. The van der Waals surface area contributed by atoms with Crippen molar-refractivity contribution < 1.29 is 27.5 Å². The summed E-state index contributed by atoms with van der Waals surface area (Å²) in [6.45, 7) is 3.29. The van der Waals surface area contributed by atoms with Crippen molar-refractivity contribution in [3.63, 3.8) is 0 Å². The SMILES string of the molecule is CCOC(=O)N1CCN(Cc2c(C(F)(F)F)nc3c(NC(=O)c4c(Cl)cccc4Cl)cccn23)CC1. The van der Waals surface area contributed by atoms with Crippen LogP contribution in [0.15, 0.2) is 36.5 Å². The molecule has 1 aliphatic rings. The third-order valence-corrected chi connectivity index (χ3v) is 6.36. The summed E-state index contributed by atoms with van der Waals surface area (Å²) in [5.74, 6) is -0.674. The van der Waals surface area contributed by atoms with Crippen LogP contribution in [0, 0.1) is 0 Å². The minimum absolute atomic E-state index is 0.00475. The summed E-state index contributed by atoms with van der Waals surface area (Å²) in [6.07, 6.45) is -3.71. The summed E-state index contributed by atoms with van der Waals surface area (Å²) in [4.78, 5) is 32.0. The van der Waals surface area contributed by atoms with Crippen molar-refractivity contribution in [2.24, 2.45) is 0 Å². The van der Waals surface area contributed by atoms with Gasteiger partial charge in [0.15, 0.2) is 11.3 Å². The average molecular weight is 544 g/mol. The molecule has 1 aromatic carbocycles. The van der Waals surface area contributed by atoms with E-state index in [1.807, 2.05) is 4.90 Å². The molecule has 1 N–H and O–H groups in total. The monoisotopic (exact) mass is 543 g/mol. The van der Waals surface area contributed by atoms with Crippen molar-refractivity contribution in [1.29, 1.82) is 0 Å². The molecule has 0 aliphatic carbocycles. The number of ether oxygens (including phenoxy) is 1. The van der Waals surface area contributed by atoms with Gasteiger partial charge in [-0.25, -0.2) is 9.78 Å². The number of halogens is 5. The Hall–Kier alpha value is -3.02. The average Bonchev–Trinajstić information content (AvgIpc) is 3.19. The molecule has 192 valence electrons. The zero-order valence-electron chi connectivity index (χ0n) is 19.1. The van der Waals surface area contributed by atoms with Crippen LogP contribution in [-0.4, -0.2) is 64.0 Å². The van der Waals surface area contributed by atoms with Crippen LogP contribution in [0.4, 0.5) is 23.7 Å². The number of anilines is 1. The molecule has 13 heteroatoms. The van der Waals surface area contributed by atoms with Crippen molar-refractivity contribution in [2.75, 3.05) is 38.1 Å². The van der Waals surface area contributed by atoms with Gasteiger partial charge in [-0.05, 0) is 31.2 Å². The minimum atomic E-state index is -4.72. The highest BCUT2D eigenvalue weighted by molar-refractivity contribution is 6.40. The third kappa shape index (κ3) is 5.37. The maximum Gasteiger partial charge on any atom is 0.435 e. The largest absolute Gasteiger partial charge is 0.450 e. The van der Waals surface area contributed by atoms with Crippen LogP contribution in [0.2, 0.25) is 10.0 Å². The molecule has 8 nitrogen and oxygen atoms in total. The number of alkyl halides is 3. The molecular formula is C23H22Cl2F3N5O3. The van der Waals surface area contributed by atoms with Gasteiger partial charge in [-0.2, -0.15) is 13.2 Å². The lowest BCUT2D eigenvalue weighted by atomic mass is 10.2. The van der Waals surface area contributed by atoms with Gasteiger partial charge in [0.25, 0.3) is 5.91 Å². The first-order valence-electron chi connectivity index (χ1n) is 11.1.